The fourth-order valence-electron chi connectivity index (χ4n) is 10.8. The van der Waals surface area contributed by atoms with Crippen molar-refractivity contribution >= 4 is 17.7 Å². The van der Waals surface area contributed by atoms with Crippen LogP contribution < -0.4 is 0 Å². The Kier molecular flexibility index (Phi) is 6.03. The number of hydrogen-bond donors (Lipinski definition) is 4. The largest absolute Gasteiger partial charge is 0.487 e. The number of ketones is 1. The van der Waals surface area contributed by atoms with Crippen molar-refractivity contribution in [2.24, 2.45) is 51.8 Å². The van der Waals surface area contributed by atoms with E-state index in [2.05, 4.69) is 13.5 Å². The lowest BCUT2D eigenvalue weighted by Crippen LogP contribution is -2.72. The Bertz CT molecular complexity index is 1210. The van der Waals surface area contributed by atoms with Crippen LogP contribution in [0.2, 0.25) is 0 Å². The SMILES string of the molecule is C=C(C)OC1C(=O)C2(O)C[C@H](O)CCC2(C)C2CCC3(C)C(CC4C3C(CC(=O)O)C=C3OC(=O)C(O)C34C)C12. The standard InChI is InChI=1S/C31H42O9/c1-14(2)39-24-22-17(29(4)9-6-16(32)13-31(29,38)25(24)35)7-8-28(3)18(22)12-19-23(28)15(11-21(33)34)10-20-30(19,5)26(36)27(37)40-20/h10,15-19,22-24,26,32,36,38H,1,6-9,11-13H2,2-5H3,(H,33,34)/t15?,16-,17?,18?,19?,22?,23?,24?,26?,28?,29?,30?,31?/m1/s1. The van der Waals surface area contributed by atoms with E-state index in [9.17, 15) is 34.8 Å². The maximum absolute atomic E-state index is 14.3. The molecular formula is C31H42O9. The zero-order chi connectivity index (χ0) is 29.2. The van der Waals surface area contributed by atoms with Crippen LogP contribution in [0.4, 0.5) is 0 Å². The fraction of sp³-hybridized carbons (Fsp3) is 0.774. The van der Waals surface area contributed by atoms with Gasteiger partial charge in [-0.15, -0.1) is 0 Å². The van der Waals surface area contributed by atoms with E-state index in [1.54, 1.807) is 13.0 Å². The van der Waals surface area contributed by atoms with Crippen LogP contribution in [0.1, 0.15) is 72.6 Å². The van der Waals surface area contributed by atoms with E-state index < -0.39 is 63.8 Å². The number of hydrogen-bond acceptors (Lipinski definition) is 8. The third-order valence-corrected chi connectivity index (χ3v) is 12.6. The average molecular weight is 559 g/mol. The third-order valence-electron chi connectivity index (χ3n) is 12.6. The Morgan fingerprint density at radius 2 is 1.82 bits per heavy atom. The van der Waals surface area contributed by atoms with Gasteiger partial charge in [-0.1, -0.05) is 20.4 Å². The summed E-state index contributed by atoms with van der Waals surface area (Å²) in [4.78, 5) is 38.9. The Balaban J connectivity index is 1.49. The van der Waals surface area contributed by atoms with Crippen LogP contribution in [-0.4, -0.2) is 62.1 Å². The molecule has 5 aliphatic carbocycles. The average Bonchev–Trinajstić information content (AvgIpc) is 3.30. The number of carboxylic acid groups (broad SMARTS) is 1. The lowest BCUT2D eigenvalue weighted by molar-refractivity contribution is -0.235. The van der Waals surface area contributed by atoms with Crippen molar-refractivity contribution in [1.82, 2.24) is 0 Å². The van der Waals surface area contributed by atoms with Gasteiger partial charge in [-0.3, -0.25) is 9.59 Å². The molecule has 0 bridgehead atoms. The maximum atomic E-state index is 14.3. The summed E-state index contributed by atoms with van der Waals surface area (Å²) < 4.78 is 11.7. The predicted molar refractivity (Wildman–Crippen MR) is 141 cm³/mol. The van der Waals surface area contributed by atoms with Gasteiger partial charge in [0, 0.05) is 17.8 Å². The highest BCUT2D eigenvalue weighted by molar-refractivity contribution is 5.94. The number of aliphatic carboxylic acids is 1. The highest BCUT2D eigenvalue weighted by Gasteiger charge is 2.75. The summed E-state index contributed by atoms with van der Waals surface area (Å²) in [6.07, 6.45) is 1.60. The summed E-state index contributed by atoms with van der Waals surface area (Å²) in [6, 6.07) is 0. The summed E-state index contributed by atoms with van der Waals surface area (Å²) >= 11 is 0. The van der Waals surface area contributed by atoms with Gasteiger partial charge in [-0.25, -0.2) is 4.79 Å². The zero-order valence-corrected chi connectivity index (χ0v) is 23.8. The minimum atomic E-state index is -1.72. The van der Waals surface area contributed by atoms with E-state index in [4.69, 9.17) is 9.47 Å². The maximum Gasteiger partial charge on any atom is 0.341 e. The molecule has 13 atom stereocenters. The Labute approximate surface area is 234 Å². The molecule has 12 unspecified atom stereocenters. The highest BCUT2D eigenvalue weighted by Crippen LogP contribution is 2.74. The van der Waals surface area contributed by atoms with Crippen molar-refractivity contribution in [2.45, 2.75) is 96.6 Å². The van der Waals surface area contributed by atoms with Gasteiger partial charge in [-0.2, -0.15) is 0 Å². The first-order chi connectivity index (χ1) is 18.6. The first-order valence-electron chi connectivity index (χ1n) is 14.7. The molecule has 9 nitrogen and oxygen atoms in total. The summed E-state index contributed by atoms with van der Waals surface area (Å²) in [5.41, 5.74) is -3.87. The molecule has 6 aliphatic rings. The molecule has 9 heteroatoms. The third kappa shape index (κ3) is 3.34. The number of Topliss-reactive ketones (excluding diaryl/α,β-unsaturated/α-hetero) is 1. The van der Waals surface area contributed by atoms with Crippen LogP contribution in [0.3, 0.4) is 0 Å². The Morgan fingerprint density at radius 3 is 2.48 bits per heavy atom. The molecule has 0 amide bonds. The van der Waals surface area contributed by atoms with Crippen molar-refractivity contribution in [3.8, 4) is 0 Å². The molecule has 5 fully saturated rings. The second-order valence-corrected chi connectivity index (χ2v) is 14.4. The summed E-state index contributed by atoms with van der Waals surface area (Å²) in [5, 5.41) is 43.5. The first kappa shape index (κ1) is 27.9. The summed E-state index contributed by atoms with van der Waals surface area (Å²) in [7, 11) is 0. The van der Waals surface area contributed by atoms with Crippen LogP contribution in [0.5, 0.6) is 0 Å². The molecule has 220 valence electrons. The summed E-state index contributed by atoms with van der Waals surface area (Å²) in [5.74, 6) is -2.58. The molecular weight excluding hydrogens is 516 g/mol. The lowest BCUT2D eigenvalue weighted by Gasteiger charge is -2.64. The minimum Gasteiger partial charge on any atom is -0.487 e. The van der Waals surface area contributed by atoms with Crippen LogP contribution in [0.25, 0.3) is 0 Å². The molecule has 4 N–H and O–H groups in total. The quantitative estimate of drug-likeness (QED) is 0.302. The monoisotopic (exact) mass is 558 g/mol. The van der Waals surface area contributed by atoms with E-state index in [0.29, 0.717) is 37.2 Å². The molecule has 0 aromatic rings. The zero-order valence-electron chi connectivity index (χ0n) is 23.8. The number of carboxylic acids is 1. The van der Waals surface area contributed by atoms with Gasteiger partial charge in [0.2, 0.25) is 5.78 Å². The van der Waals surface area contributed by atoms with Gasteiger partial charge in [0.05, 0.1) is 23.7 Å². The van der Waals surface area contributed by atoms with Crippen molar-refractivity contribution in [3.05, 3.63) is 24.2 Å². The second-order valence-electron chi connectivity index (χ2n) is 14.4. The highest BCUT2D eigenvalue weighted by atomic mass is 16.6. The van der Waals surface area contributed by atoms with Crippen molar-refractivity contribution in [3.63, 3.8) is 0 Å². The van der Waals surface area contributed by atoms with Crippen LogP contribution >= 0.6 is 0 Å². The molecule has 40 heavy (non-hydrogen) atoms. The lowest BCUT2D eigenvalue weighted by atomic mass is 9.41. The molecule has 4 saturated carbocycles. The van der Waals surface area contributed by atoms with Crippen molar-refractivity contribution < 1.29 is 44.3 Å². The number of allylic oxidation sites excluding steroid dienone is 2. The molecule has 0 aromatic heterocycles. The van der Waals surface area contributed by atoms with Gasteiger partial charge in [-0.05, 0) is 87.0 Å². The van der Waals surface area contributed by atoms with Crippen LogP contribution in [0.15, 0.2) is 24.2 Å². The van der Waals surface area contributed by atoms with E-state index >= 15 is 0 Å². The number of ether oxygens (including phenoxy) is 2. The molecule has 0 aromatic carbocycles. The van der Waals surface area contributed by atoms with Crippen molar-refractivity contribution in [2.75, 3.05) is 0 Å². The number of esters is 1. The molecule has 0 radical (unpaired) electrons. The topological polar surface area (TPSA) is 151 Å². The number of aliphatic hydroxyl groups is 3. The van der Waals surface area contributed by atoms with Gasteiger partial charge in [0.25, 0.3) is 0 Å². The van der Waals surface area contributed by atoms with E-state index in [1.807, 2.05) is 13.8 Å². The number of fused-ring (bicyclic) bond motifs is 9. The number of carbonyl (C=O) groups excluding carboxylic acids is 2. The summed E-state index contributed by atoms with van der Waals surface area (Å²) in [6.45, 7) is 11.6. The van der Waals surface area contributed by atoms with Crippen LogP contribution in [-0.2, 0) is 23.9 Å². The molecule has 1 saturated heterocycles. The number of carbonyl (C=O) groups is 3. The van der Waals surface area contributed by atoms with Gasteiger partial charge < -0.3 is 29.9 Å². The van der Waals surface area contributed by atoms with E-state index in [-0.39, 0.29) is 42.4 Å². The fourth-order valence-corrected chi connectivity index (χ4v) is 10.8. The van der Waals surface area contributed by atoms with E-state index in [1.165, 1.54) is 0 Å². The normalized spacial score (nSPS) is 52.8. The molecule has 1 heterocycles. The van der Waals surface area contributed by atoms with E-state index in [0.717, 1.165) is 6.42 Å². The Morgan fingerprint density at radius 1 is 1.12 bits per heavy atom. The Hall–Kier alpha value is -2.23. The van der Waals surface area contributed by atoms with Crippen molar-refractivity contribution in [1.29, 1.82) is 0 Å². The van der Waals surface area contributed by atoms with Gasteiger partial charge in [0.1, 0.15) is 11.4 Å². The molecule has 1 aliphatic heterocycles. The first-order valence-corrected chi connectivity index (χ1v) is 14.7. The van der Waals surface area contributed by atoms with Gasteiger partial charge >= 0.3 is 11.9 Å². The smallest absolute Gasteiger partial charge is 0.341 e. The molecule has 0 spiro atoms. The number of aliphatic hydroxyl groups excluding tert-OH is 2. The predicted octanol–water partition coefficient (Wildman–Crippen LogP) is 2.97. The molecule has 6 rings (SSSR count). The number of rotatable bonds is 4. The van der Waals surface area contributed by atoms with Gasteiger partial charge in [0.15, 0.2) is 12.2 Å². The second kappa shape index (κ2) is 8.65. The van der Waals surface area contributed by atoms with Crippen LogP contribution in [0, 0.1) is 51.8 Å². The minimum absolute atomic E-state index is 0.0214.